The number of nitrogens with zero attached hydrogens (tertiary/aromatic N) is 3. The Balaban J connectivity index is 1.42. The van der Waals surface area contributed by atoms with Gasteiger partial charge in [-0.05, 0) is 49.6 Å². The largest absolute Gasteiger partial charge is 0.481 e. The molecule has 2 unspecified atom stereocenters. The number of aromatic nitrogens is 2. The van der Waals surface area contributed by atoms with Gasteiger partial charge in [0.25, 0.3) is 10.0 Å². The molecule has 194 valence electrons. The highest BCUT2D eigenvalue weighted by Gasteiger charge is 2.61. The van der Waals surface area contributed by atoms with Gasteiger partial charge in [0.05, 0.1) is 17.2 Å². The zero-order valence-electron chi connectivity index (χ0n) is 19.7. The molecule has 2 aliphatic rings. The molecule has 1 aliphatic heterocycles. The van der Waals surface area contributed by atoms with Gasteiger partial charge in [-0.2, -0.15) is 21.6 Å². The first kappa shape index (κ1) is 25.0. The lowest BCUT2D eigenvalue weighted by molar-refractivity contribution is -0.139. The molecule has 37 heavy (non-hydrogen) atoms. The fraction of sp³-hybridized carbons (Fsp3) is 0.320. The van der Waals surface area contributed by atoms with Gasteiger partial charge in [-0.15, -0.1) is 0 Å². The Bertz CT molecular complexity index is 1500. The van der Waals surface area contributed by atoms with E-state index in [0.29, 0.717) is 37.3 Å². The summed E-state index contributed by atoms with van der Waals surface area (Å²) >= 11 is 0. The number of rotatable bonds is 6. The van der Waals surface area contributed by atoms with Crippen molar-refractivity contribution in [2.45, 2.75) is 31.0 Å². The Morgan fingerprint density at radius 3 is 2.54 bits per heavy atom. The highest BCUT2D eigenvalue weighted by Crippen LogP contribution is 2.58. The van der Waals surface area contributed by atoms with Gasteiger partial charge in [0.15, 0.2) is 5.03 Å². The molecule has 1 aliphatic carbocycles. The van der Waals surface area contributed by atoms with Gasteiger partial charge in [0, 0.05) is 24.1 Å². The van der Waals surface area contributed by atoms with E-state index in [2.05, 4.69) is 14.7 Å². The maximum absolute atomic E-state index is 13.7. The lowest BCUT2D eigenvalue weighted by atomic mass is 10.0. The lowest BCUT2D eigenvalue weighted by Gasteiger charge is -2.19. The van der Waals surface area contributed by atoms with Crippen LogP contribution in [0.2, 0.25) is 0 Å². The smallest absolute Gasteiger partial charge is 0.418 e. The Morgan fingerprint density at radius 1 is 1.11 bits per heavy atom. The van der Waals surface area contributed by atoms with Crippen LogP contribution in [0, 0.1) is 18.3 Å². The summed E-state index contributed by atoms with van der Waals surface area (Å²) in [4.78, 5) is 21.5. The number of carboxylic acids is 1. The van der Waals surface area contributed by atoms with Gasteiger partial charge in [-0.1, -0.05) is 30.3 Å². The highest BCUT2D eigenvalue weighted by atomic mass is 32.2. The minimum absolute atomic E-state index is 0.235. The second-order valence-electron chi connectivity index (χ2n) is 9.47. The number of carboxylic acid groups (broad SMARTS) is 1. The van der Waals surface area contributed by atoms with Crippen molar-refractivity contribution in [3.63, 3.8) is 0 Å². The van der Waals surface area contributed by atoms with Crippen LogP contribution < -0.4 is 9.62 Å². The van der Waals surface area contributed by atoms with E-state index in [-0.39, 0.29) is 27.5 Å². The van der Waals surface area contributed by atoms with Crippen LogP contribution in [0.15, 0.2) is 59.6 Å². The molecule has 5 rings (SSSR count). The summed E-state index contributed by atoms with van der Waals surface area (Å²) in [6, 6.07) is 12.6. The quantitative estimate of drug-likeness (QED) is 0.478. The molecule has 1 aromatic carbocycles. The fourth-order valence-corrected chi connectivity index (χ4v) is 5.91. The van der Waals surface area contributed by atoms with Crippen LogP contribution in [0.3, 0.4) is 0 Å². The first-order valence-electron chi connectivity index (χ1n) is 11.5. The zero-order chi connectivity index (χ0) is 26.6. The molecule has 0 amide bonds. The van der Waals surface area contributed by atoms with Crippen LogP contribution in [0.4, 0.5) is 24.8 Å². The van der Waals surface area contributed by atoms with Crippen molar-refractivity contribution in [2.24, 2.45) is 11.3 Å². The molecule has 0 radical (unpaired) electrons. The third-order valence-electron chi connectivity index (χ3n) is 7.02. The van der Waals surface area contributed by atoms with Gasteiger partial charge in [-0.3, -0.25) is 9.52 Å². The average molecular weight is 533 g/mol. The van der Waals surface area contributed by atoms with Crippen molar-refractivity contribution in [3.8, 4) is 11.3 Å². The number of halogens is 3. The van der Waals surface area contributed by atoms with Crippen molar-refractivity contribution in [2.75, 3.05) is 22.7 Å². The Labute approximate surface area is 211 Å². The van der Waals surface area contributed by atoms with E-state index in [4.69, 9.17) is 0 Å². The second-order valence-corrected chi connectivity index (χ2v) is 11.1. The molecule has 1 saturated carbocycles. The monoisotopic (exact) mass is 532 g/mol. The van der Waals surface area contributed by atoms with Gasteiger partial charge in [0.2, 0.25) is 0 Å². The van der Waals surface area contributed by atoms with E-state index in [1.54, 1.807) is 31.2 Å². The number of pyridine rings is 2. The van der Waals surface area contributed by atoms with Crippen LogP contribution in [0.25, 0.3) is 11.3 Å². The molecule has 3 aromatic rings. The van der Waals surface area contributed by atoms with E-state index < -0.39 is 33.7 Å². The molecule has 0 bridgehead atoms. The molecule has 3 heterocycles. The molecular formula is C25H23F3N4O4S. The summed E-state index contributed by atoms with van der Waals surface area (Å²) in [7, 11) is -4.29. The molecule has 2 aromatic heterocycles. The first-order valence-corrected chi connectivity index (χ1v) is 13.0. The molecule has 8 nitrogen and oxygen atoms in total. The van der Waals surface area contributed by atoms with Crippen LogP contribution in [-0.2, 0) is 21.0 Å². The number of benzene rings is 1. The predicted octanol–water partition coefficient (Wildman–Crippen LogP) is 4.57. The Morgan fingerprint density at radius 2 is 1.86 bits per heavy atom. The van der Waals surface area contributed by atoms with Crippen molar-refractivity contribution >= 4 is 27.6 Å². The van der Waals surface area contributed by atoms with Crippen LogP contribution in [0.5, 0.6) is 0 Å². The van der Waals surface area contributed by atoms with E-state index >= 15 is 0 Å². The second kappa shape index (κ2) is 8.72. The first-order chi connectivity index (χ1) is 17.4. The minimum Gasteiger partial charge on any atom is -0.481 e. The summed E-state index contributed by atoms with van der Waals surface area (Å²) < 4.78 is 69.6. The van der Waals surface area contributed by atoms with Gasteiger partial charge in [0.1, 0.15) is 11.6 Å². The van der Waals surface area contributed by atoms with E-state index in [1.807, 2.05) is 4.90 Å². The molecule has 2 fully saturated rings. The van der Waals surface area contributed by atoms with Crippen molar-refractivity contribution in [1.82, 2.24) is 9.97 Å². The predicted molar refractivity (Wildman–Crippen MR) is 129 cm³/mol. The maximum atomic E-state index is 13.7. The Kier molecular flexibility index (Phi) is 5.89. The van der Waals surface area contributed by atoms with Gasteiger partial charge in [-0.25, -0.2) is 9.97 Å². The highest BCUT2D eigenvalue weighted by molar-refractivity contribution is 7.92. The number of sulfonamides is 1. The molecule has 2 atom stereocenters. The summed E-state index contributed by atoms with van der Waals surface area (Å²) in [5, 5.41) is 8.98. The number of alkyl halides is 3. The van der Waals surface area contributed by atoms with Crippen LogP contribution in [-0.4, -0.2) is 42.6 Å². The number of nitrogens with one attached hydrogen (secondary N) is 1. The van der Waals surface area contributed by atoms with E-state index in [1.165, 1.54) is 18.2 Å². The third-order valence-corrected chi connectivity index (χ3v) is 8.28. The summed E-state index contributed by atoms with van der Waals surface area (Å²) in [6.07, 6.45) is -3.43. The summed E-state index contributed by atoms with van der Waals surface area (Å²) in [5.41, 5.74) is -0.880. The van der Waals surface area contributed by atoms with Crippen molar-refractivity contribution < 1.29 is 31.5 Å². The topological polar surface area (TPSA) is 112 Å². The zero-order valence-corrected chi connectivity index (χ0v) is 20.5. The molecule has 2 N–H and O–H groups in total. The van der Waals surface area contributed by atoms with Gasteiger partial charge < -0.3 is 10.0 Å². The SMILES string of the molecule is Cc1ccccc1-c1nc(NS(=O)(=O)c2cccc(N3CCC4(CC4C(=O)O)C3)n2)ccc1C(F)(F)F. The lowest BCUT2D eigenvalue weighted by Crippen LogP contribution is -2.24. The molecule has 1 saturated heterocycles. The van der Waals surface area contributed by atoms with Crippen molar-refractivity contribution in [3.05, 3.63) is 65.7 Å². The number of anilines is 2. The number of hydrogen-bond donors (Lipinski definition) is 2. The summed E-state index contributed by atoms with van der Waals surface area (Å²) in [5.74, 6) is -1.12. The van der Waals surface area contributed by atoms with E-state index in [0.717, 1.165) is 12.1 Å². The molecule has 1 spiro atoms. The number of hydrogen-bond acceptors (Lipinski definition) is 6. The third kappa shape index (κ3) is 4.73. The standard InChI is InChI=1S/C25H23F3N4O4S/c1-15-5-2-3-6-16(15)22-17(25(26,27)28)9-10-19(29-22)31-37(35,36)21-8-4-7-20(30-21)32-12-11-24(14-32)13-18(24)23(33)34/h2-10,18H,11-14H2,1H3,(H,29,31)(H,33,34). The minimum atomic E-state index is -4.69. The fourth-order valence-electron chi connectivity index (χ4n) is 4.95. The average Bonchev–Trinajstić information content (AvgIpc) is 3.38. The number of aliphatic carboxylic acids is 1. The number of aryl methyl sites for hydroxylation is 1. The Hall–Kier alpha value is -3.67. The van der Waals surface area contributed by atoms with Crippen LogP contribution in [0.1, 0.15) is 24.0 Å². The van der Waals surface area contributed by atoms with Crippen LogP contribution >= 0.6 is 0 Å². The normalized spacial score (nSPS) is 21.3. The maximum Gasteiger partial charge on any atom is 0.418 e. The van der Waals surface area contributed by atoms with Crippen molar-refractivity contribution in [1.29, 1.82) is 0 Å². The number of carbonyl (C=O) groups is 1. The van der Waals surface area contributed by atoms with Gasteiger partial charge >= 0.3 is 12.1 Å². The molecule has 12 heteroatoms. The van der Waals surface area contributed by atoms with E-state index in [9.17, 15) is 31.5 Å². The summed E-state index contributed by atoms with van der Waals surface area (Å²) in [6.45, 7) is 2.66. The molecular weight excluding hydrogens is 509 g/mol.